The van der Waals surface area contributed by atoms with E-state index in [1.54, 1.807) is 49.4 Å². The lowest BCUT2D eigenvalue weighted by Crippen LogP contribution is -2.30. The largest absolute Gasteiger partial charge is 0.481 e. The van der Waals surface area contributed by atoms with Gasteiger partial charge in [0.15, 0.2) is 17.6 Å². The van der Waals surface area contributed by atoms with Crippen LogP contribution in [0.3, 0.4) is 0 Å². The Morgan fingerprint density at radius 2 is 2.05 bits per heavy atom. The molecule has 114 valence electrons. The number of hydrogen-bond acceptors (Lipinski definition) is 4. The van der Waals surface area contributed by atoms with Crippen LogP contribution in [-0.4, -0.2) is 18.8 Å². The van der Waals surface area contributed by atoms with Crippen molar-refractivity contribution in [2.45, 2.75) is 13.0 Å². The first-order valence-corrected chi connectivity index (χ1v) is 7.12. The highest BCUT2D eigenvalue weighted by atomic mass is 35.5. The van der Waals surface area contributed by atoms with E-state index in [1.165, 1.54) is 0 Å². The Hall–Kier alpha value is -2.40. The molecule has 3 rings (SSSR count). The van der Waals surface area contributed by atoms with Gasteiger partial charge < -0.3 is 19.5 Å². The zero-order valence-electron chi connectivity index (χ0n) is 11.8. The lowest BCUT2D eigenvalue weighted by atomic mass is 10.2. The number of fused-ring (bicyclic) bond motifs is 1. The minimum atomic E-state index is -0.663. The Kier molecular flexibility index (Phi) is 4.06. The van der Waals surface area contributed by atoms with Gasteiger partial charge in [-0.1, -0.05) is 17.7 Å². The van der Waals surface area contributed by atoms with Crippen LogP contribution in [0.4, 0.5) is 5.69 Å². The summed E-state index contributed by atoms with van der Waals surface area (Å²) in [7, 11) is 0. The van der Waals surface area contributed by atoms with Crippen molar-refractivity contribution in [3.8, 4) is 17.2 Å². The van der Waals surface area contributed by atoms with Gasteiger partial charge in [0.25, 0.3) is 5.91 Å². The van der Waals surface area contributed by atoms with Crippen LogP contribution >= 0.6 is 11.6 Å². The maximum absolute atomic E-state index is 12.2. The maximum atomic E-state index is 12.2. The zero-order valence-corrected chi connectivity index (χ0v) is 12.6. The van der Waals surface area contributed by atoms with Crippen molar-refractivity contribution in [3.63, 3.8) is 0 Å². The quantitative estimate of drug-likeness (QED) is 0.937. The summed E-state index contributed by atoms with van der Waals surface area (Å²) in [6, 6.07) is 12.1. The molecule has 22 heavy (non-hydrogen) atoms. The SMILES string of the molecule is C[C@@H](Oc1cccc(Cl)c1)C(=O)Nc1ccc2c(c1)OCO2. The van der Waals surface area contributed by atoms with Gasteiger partial charge in [-0.3, -0.25) is 4.79 Å². The summed E-state index contributed by atoms with van der Waals surface area (Å²) in [6.07, 6.45) is -0.663. The molecule has 0 spiro atoms. The van der Waals surface area contributed by atoms with E-state index in [9.17, 15) is 4.79 Å². The van der Waals surface area contributed by atoms with Gasteiger partial charge >= 0.3 is 0 Å². The summed E-state index contributed by atoms with van der Waals surface area (Å²) in [5.74, 6) is 1.56. The van der Waals surface area contributed by atoms with Crippen LogP contribution in [0.5, 0.6) is 17.2 Å². The van der Waals surface area contributed by atoms with E-state index >= 15 is 0 Å². The molecule has 5 nitrogen and oxygen atoms in total. The first-order valence-electron chi connectivity index (χ1n) is 6.74. The Labute approximate surface area is 132 Å². The van der Waals surface area contributed by atoms with Crippen molar-refractivity contribution in [2.75, 3.05) is 12.1 Å². The van der Waals surface area contributed by atoms with Crippen molar-refractivity contribution in [1.29, 1.82) is 0 Å². The summed E-state index contributed by atoms with van der Waals surface area (Å²) in [6.45, 7) is 1.87. The molecule has 0 saturated heterocycles. The van der Waals surface area contributed by atoms with E-state index in [4.69, 9.17) is 25.8 Å². The normalized spacial score (nSPS) is 13.5. The average Bonchev–Trinajstić information content (AvgIpc) is 2.94. The number of nitrogens with one attached hydrogen (secondary N) is 1. The van der Waals surface area contributed by atoms with E-state index < -0.39 is 6.10 Å². The van der Waals surface area contributed by atoms with Gasteiger partial charge in [0.05, 0.1) is 0 Å². The molecule has 1 aliphatic rings. The first-order chi connectivity index (χ1) is 10.6. The fourth-order valence-electron chi connectivity index (χ4n) is 2.02. The molecule has 0 unspecified atom stereocenters. The van der Waals surface area contributed by atoms with E-state index in [-0.39, 0.29) is 12.7 Å². The Bertz CT molecular complexity index is 704. The van der Waals surface area contributed by atoms with Crippen LogP contribution in [0.1, 0.15) is 6.92 Å². The second kappa shape index (κ2) is 6.15. The lowest BCUT2D eigenvalue weighted by molar-refractivity contribution is -0.122. The molecule has 0 fully saturated rings. The number of halogens is 1. The fraction of sp³-hybridized carbons (Fsp3) is 0.188. The number of amides is 1. The summed E-state index contributed by atoms with van der Waals surface area (Å²) < 4.78 is 16.1. The number of hydrogen-bond donors (Lipinski definition) is 1. The van der Waals surface area contributed by atoms with Crippen molar-refractivity contribution < 1.29 is 19.0 Å². The molecule has 2 aromatic carbocycles. The zero-order chi connectivity index (χ0) is 15.5. The summed E-state index contributed by atoms with van der Waals surface area (Å²) >= 11 is 5.89. The minimum Gasteiger partial charge on any atom is -0.481 e. The Balaban J connectivity index is 1.64. The van der Waals surface area contributed by atoms with Gasteiger partial charge in [0.1, 0.15) is 5.75 Å². The van der Waals surface area contributed by atoms with Crippen LogP contribution in [0.25, 0.3) is 0 Å². The third-order valence-electron chi connectivity index (χ3n) is 3.12. The molecular formula is C16H14ClNO4. The Morgan fingerprint density at radius 1 is 1.23 bits per heavy atom. The average molecular weight is 320 g/mol. The molecule has 0 saturated carbocycles. The van der Waals surface area contributed by atoms with Crippen LogP contribution in [0.15, 0.2) is 42.5 Å². The third kappa shape index (κ3) is 3.26. The highest BCUT2D eigenvalue weighted by molar-refractivity contribution is 6.30. The second-order valence-electron chi connectivity index (χ2n) is 4.77. The van der Waals surface area contributed by atoms with Crippen molar-refractivity contribution in [1.82, 2.24) is 0 Å². The predicted molar refractivity (Wildman–Crippen MR) is 82.7 cm³/mol. The van der Waals surface area contributed by atoms with Crippen molar-refractivity contribution in [3.05, 3.63) is 47.5 Å². The van der Waals surface area contributed by atoms with E-state index in [0.29, 0.717) is 28.0 Å². The topological polar surface area (TPSA) is 56.8 Å². The van der Waals surface area contributed by atoms with Crippen molar-refractivity contribution in [2.24, 2.45) is 0 Å². The standard InChI is InChI=1S/C16H14ClNO4/c1-10(22-13-4-2-3-11(17)7-13)16(19)18-12-5-6-14-15(8-12)21-9-20-14/h2-8,10H,9H2,1H3,(H,18,19)/t10-/m1/s1. The predicted octanol–water partition coefficient (Wildman–Crippen LogP) is 3.47. The molecule has 1 atom stereocenters. The lowest BCUT2D eigenvalue weighted by Gasteiger charge is -2.15. The fourth-order valence-corrected chi connectivity index (χ4v) is 2.20. The first kappa shape index (κ1) is 14.5. The molecule has 6 heteroatoms. The summed E-state index contributed by atoms with van der Waals surface area (Å²) in [5, 5.41) is 3.33. The number of benzene rings is 2. The number of carbonyl (C=O) groups is 1. The minimum absolute atomic E-state index is 0.195. The van der Waals surface area contributed by atoms with Gasteiger partial charge in [-0.25, -0.2) is 0 Å². The number of rotatable bonds is 4. The van der Waals surface area contributed by atoms with Gasteiger partial charge in [0.2, 0.25) is 6.79 Å². The molecule has 0 bridgehead atoms. The number of ether oxygens (including phenoxy) is 3. The van der Waals surface area contributed by atoms with Crippen LogP contribution < -0.4 is 19.5 Å². The molecule has 0 aromatic heterocycles. The summed E-state index contributed by atoms with van der Waals surface area (Å²) in [4.78, 5) is 12.2. The number of anilines is 1. The molecule has 1 aliphatic heterocycles. The highest BCUT2D eigenvalue weighted by Crippen LogP contribution is 2.34. The third-order valence-corrected chi connectivity index (χ3v) is 3.35. The molecule has 1 heterocycles. The molecule has 2 aromatic rings. The Morgan fingerprint density at radius 3 is 2.86 bits per heavy atom. The molecule has 1 N–H and O–H groups in total. The van der Waals surface area contributed by atoms with Gasteiger partial charge in [-0.2, -0.15) is 0 Å². The molecule has 1 amide bonds. The van der Waals surface area contributed by atoms with Crippen LogP contribution in [0, 0.1) is 0 Å². The smallest absolute Gasteiger partial charge is 0.265 e. The number of carbonyl (C=O) groups excluding carboxylic acids is 1. The van der Waals surface area contributed by atoms with Crippen molar-refractivity contribution >= 4 is 23.2 Å². The van der Waals surface area contributed by atoms with E-state index in [2.05, 4.69) is 5.32 Å². The van der Waals surface area contributed by atoms with Gasteiger partial charge in [0, 0.05) is 16.8 Å². The van der Waals surface area contributed by atoms with Crippen LogP contribution in [-0.2, 0) is 4.79 Å². The molecule has 0 radical (unpaired) electrons. The van der Waals surface area contributed by atoms with E-state index in [0.717, 1.165) is 0 Å². The highest BCUT2D eigenvalue weighted by Gasteiger charge is 2.18. The maximum Gasteiger partial charge on any atom is 0.265 e. The van der Waals surface area contributed by atoms with E-state index in [1.807, 2.05) is 0 Å². The van der Waals surface area contributed by atoms with Gasteiger partial charge in [-0.15, -0.1) is 0 Å². The van der Waals surface area contributed by atoms with Crippen LogP contribution in [0.2, 0.25) is 5.02 Å². The monoisotopic (exact) mass is 319 g/mol. The summed E-state index contributed by atoms with van der Waals surface area (Å²) in [5.41, 5.74) is 0.621. The molecule has 0 aliphatic carbocycles. The molecular weight excluding hydrogens is 306 g/mol. The second-order valence-corrected chi connectivity index (χ2v) is 5.21. The van der Waals surface area contributed by atoms with Gasteiger partial charge in [-0.05, 0) is 37.3 Å².